The van der Waals surface area contributed by atoms with Gasteiger partial charge in [-0.05, 0) is 60.0 Å². The van der Waals surface area contributed by atoms with E-state index in [1.165, 1.54) is 6.26 Å². The van der Waals surface area contributed by atoms with E-state index >= 15 is 0 Å². The van der Waals surface area contributed by atoms with Crippen molar-refractivity contribution in [1.82, 2.24) is 9.97 Å². The van der Waals surface area contributed by atoms with Crippen LogP contribution in [0.15, 0.2) is 44.2 Å². The maximum Gasteiger partial charge on any atom is 0.442 e. The van der Waals surface area contributed by atoms with Crippen molar-refractivity contribution in [2.45, 2.75) is 30.7 Å². The molecule has 1 amide bonds. The van der Waals surface area contributed by atoms with E-state index in [4.69, 9.17) is 9.47 Å². The van der Waals surface area contributed by atoms with E-state index in [0.717, 1.165) is 30.5 Å². The maximum absolute atomic E-state index is 12.7. The van der Waals surface area contributed by atoms with Crippen LogP contribution in [0.3, 0.4) is 0 Å². The fourth-order valence-corrected chi connectivity index (χ4v) is 4.22. The summed E-state index contributed by atoms with van der Waals surface area (Å²) in [5.41, 5.74) is 0.712. The van der Waals surface area contributed by atoms with Crippen molar-refractivity contribution in [2.24, 2.45) is 4.36 Å². The summed E-state index contributed by atoms with van der Waals surface area (Å²) in [5.74, 6) is 1.13. The number of hydrogen-bond donors (Lipinski definition) is 2. The summed E-state index contributed by atoms with van der Waals surface area (Å²) in [4.78, 5) is 20.8. The third-order valence-corrected chi connectivity index (χ3v) is 6.60. The second-order valence-corrected chi connectivity index (χ2v) is 9.78. The molecule has 11 heteroatoms. The average molecular weight is 498 g/mol. The molecule has 3 rings (SSSR count). The van der Waals surface area contributed by atoms with Crippen LogP contribution in [0, 0.1) is 0 Å². The Morgan fingerprint density at radius 2 is 2.03 bits per heavy atom. The molecule has 1 aliphatic heterocycles. The van der Waals surface area contributed by atoms with Crippen molar-refractivity contribution in [3.63, 3.8) is 0 Å². The molecule has 0 saturated carbocycles. The van der Waals surface area contributed by atoms with Crippen LogP contribution in [0.25, 0.3) is 0 Å². The minimum atomic E-state index is -2.89. The monoisotopic (exact) mass is 497 g/mol. The summed E-state index contributed by atoms with van der Waals surface area (Å²) in [6.07, 6.45) is 4.10. The Labute approximate surface area is 184 Å². The topological polar surface area (TPSA) is 115 Å². The number of ether oxygens (including phenoxy) is 2. The van der Waals surface area contributed by atoms with Crippen molar-refractivity contribution >= 4 is 49.2 Å². The number of hydrogen-bond acceptors (Lipinski definition) is 8. The number of nitrogens with one attached hydrogen (secondary N) is 2. The molecule has 0 bridgehead atoms. The highest BCUT2D eigenvalue weighted by molar-refractivity contribution is 9.10. The van der Waals surface area contributed by atoms with Gasteiger partial charge in [-0.2, -0.15) is 4.98 Å². The van der Waals surface area contributed by atoms with E-state index in [0.29, 0.717) is 28.4 Å². The fourth-order valence-electron chi connectivity index (χ4n) is 2.83. The zero-order valence-corrected chi connectivity index (χ0v) is 19.2. The summed E-state index contributed by atoms with van der Waals surface area (Å²) in [7, 11) is -2.89. The number of carbonyl (C=O) groups excluding carboxylic acids is 1. The predicted octanol–water partition coefficient (Wildman–Crippen LogP) is 4.19. The molecule has 1 fully saturated rings. The van der Waals surface area contributed by atoms with Gasteiger partial charge in [0.2, 0.25) is 5.95 Å². The number of anilines is 3. The molecule has 1 unspecified atom stereocenters. The number of amides is 1. The number of benzene rings is 1. The van der Waals surface area contributed by atoms with Crippen LogP contribution >= 0.6 is 15.9 Å². The molecule has 1 saturated heterocycles. The summed E-state index contributed by atoms with van der Waals surface area (Å²) in [5, 5.41) is 6.55. The van der Waals surface area contributed by atoms with Gasteiger partial charge in [-0.1, -0.05) is 0 Å². The summed E-state index contributed by atoms with van der Waals surface area (Å²) in [6.45, 7) is 3.32. The van der Waals surface area contributed by atoms with E-state index in [1.54, 1.807) is 37.4 Å². The molecule has 2 N–H and O–H groups in total. The maximum atomic E-state index is 12.7. The molecule has 0 aliphatic carbocycles. The largest absolute Gasteiger partial charge is 0.448 e. The van der Waals surface area contributed by atoms with Gasteiger partial charge >= 0.3 is 6.09 Å². The first-order valence-corrected chi connectivity index (χ1v) is 12.2. The van der Waals surface area contributed by atoms with Gasteiger partial charge in [0.1, 0.15) is 5.82 Å². The second kappa shape index (κ2) is 10.2. The SMILES string of the molecule is CCOC(=O)N=S(C)(=O)c1ccc(Nc2ncc(Br)c(NC3CCOCC3)n2)cc1. The highest BCUT2D eigenvalue weighted by Crippen LogP contribution is 2.25. The molecule has 1 aromatic carbocycles. The van der Waals surface area contributed by atoms with Gasteiger partial charge in [0, 0.05) is 42.3 Å². The Bertz CT molecular complexity index is 1000. The van der Waals surface area contributed by atoms with Crippen molar-refractivity contribution in [2.75, 3.05) is 36.7 Å². The van der Waals surface area contributed by atoms with Gasteiger partial charge in [0.15, 0.2) is 0 Å². The molecule has 0 spiro atoms. The lowest BCUT2D eigenvalue weighted by Crippen LogP contribution is -2.28. The lowest BCUT2D eigenvalue weighted by molar-refractivity contribution is 0.0904. The molecule has 9 nitrogen and oxygen atoms in total. The minimum absolute atomic E-state index is 0.180. The van der Waals surface area contributed by atoms with Crippen LogP contribution in [0.2, 0.25) is 0 Å². The van der Waals surface area contributed by atoms with Crippen LogP contribution < -0.4 is 10.6 Å². The Hall–Kier alpha value is -2.24. The Balaban J connectivity index is 1.71. The number of halogens is 1. The quantitative estimate of drug-likeness (QED) is 0.610. The molecule has 1 aromatic heterocycles. The number of aromatic nitrogens is 2. The molecule has 162 valence electrons. The zero-order chi connectivity index (χ0) is 21.6. The van der Waals surface area contributed by atoms with Crippen molar-refractivity contribution < 1.29 is 18.5 Å². The second-order valence-electron chi connectivity index (χ2n) is 6.66. The van der Waals surface area contributed by atoms with Gasteiger partial charge in [-0.15, -0.1) is 4.36 Å². The normalized spacial score (nSPS) is 16.4. The first-order valence-electron chi connectivity index (χ1n) is 9.50. The highest BCUT2D eigenvalue weighted by atomic mass is 79.9. The Morgan fingerprint density at radius 1 is 1.33 bits per heavy atom. The number of carbonyl (C=O) groups is 1. The van der Waals surface area contributed by atoms with Crippen LogP contribution in [-0.2, 0) is 19.2 Å². The molecular formula is C19H24BrN5O4S. The summed E-state index contributed by atoms with van der Waals surface area (Å²) in [6, 6.07) is 7.06. The molecule has 2 aromatic rings. The lowest BCUT2D eigenvalue weighted by Gasteiger charge is -2.24. The molecule has 2 heterocycles. The van der Waals surface area contributed by atoms with E-state index in [2.05, 4.69) is 40.9 Å². The zero-order valence-electron chi connectivity index (χ0n) is 16.8. The van der Waals surface area contributed by atoms with Gasteiger partial charge in [-0.3, -0.25) is 0 Å². The standard InChI is InChI=1S/C19H24BrN5O4S/c1-3-29-19(26)25-30(2,27)15-6-4-13(5-7-15)23-18-21-12-16(20)17(24-18)22-14-8-10-28-11-9-14/h4-7,12,14H,3,8-11H2,1-2H3,(H2,21,22,23,24). The van der Waals surface area contributed by atoms with Gasteiger partial charge in [0.25, 0.3) is 0 Å². The van der Waals surface area contributed by atoms with Crippen molar-refractivity contribution in [1.29, 1.82) is 0 Å². The molecule has 1 aliphatic rings. The van der Waals surface area contributed by atoms with Gasteiger partial charge < -0.3 is 20.1 Å². The summed E-state index contributed by atoms with van der Waals surface area (Å²) >= 11 is 3.48. The van der Waals surface area contributed by atoms with E-state index in [9.17, 15) is 9.00 Å². The van der Waals surface area contributed by atoms with Crippen LogP contribution in [-0.4, -0.2) is 52.4 Å². The van der Waals surface area contributed by atoms with Crippen molar-refractivity contribution in [3.05, 3.63) is 34.9 Å². The average Bonchev–Trinajstić information content (AvgIpc) is 2.71. The Kier molecular flexibility index (Phi) is 7.62. The Morgan fingerprint density at radius 3 is 2.70 bits per heavy atom. The van der Waals surface area contributed by atoms with E-state index < -0.39 is 15.8 Å². The van der Waals surface area contributed by atoms with Crippen LogP contribution in [0.1, 0.15) is 19.8 Å². The minimum Gasteiger partial charge on any atom is -0.448 e. The predicted molar refractivity (Wildman–Crippen MR) is 119 cm³/mol. The number of nitrogens with zero attached hydrogens (tertiary/aromatic N) is 3. The first-order chi connectivity index (χ1) is 14.4. The molecule has 30 heavy (non-hydrogen) atoms. The van der Waals surface area contributed by atoms with E-state index in [1.807, 2.05) is 0 Å². The van der Waals surface area contributed by atoms with Crippen LogP contribution in [0.5, 0.6) is 0 Å². The number of rotatable bonds is 6. The third-order valence-electron chi connectivity index (χ3n) is 4.37. The fraction of sp³-hybridized carbons (Fsp3) is 0.421. The molecule has 1 atom stereocenters. The lowest BCUT2D eigenvalue weighted by atomic mass is 10.1. The summed E-state index contributed by atoms with van der Waals surface area (Å²) < 4.78 is 27.3. The van der Waals surface area contributed by atoms with Crippen molar-refractivity contribution in [3.8, 4) is 0 Å². The smallest absolute Gasteiger partial charge is 0.442 e. The first kappa shape index (κ1) is 22.4. The van der Waals surface area contributed by atoms with Gasteiger partial charge in [0.05, 0.1) is 20.8 Å². The van der Waals surface area contributed by atoms with E-state index in [-0.39, 0.29) is 6.61 Å². The highest BCUT2D eigenvalue weighted by Gasteiger charge is 2.16. The molecule has 0 radical (unpaired) electrons. The van der Waals surface area contributed by atoms with Gasteiger partial charge in [-0.25, -0.2) is 14.0 Å². The third kappa shape index (κ3) is 6.13. The molecular weight excluding hydrogens is 474 g/mol. The van der Waals surface area contributed by atoms with Crippen LogP contribution in [0.4, 0.5) is 22.2 Å².